The molecule has 2 aromatic rings. The molecule has 18 heavy (non-hydrogen) atoms. The Kier molecular flexibility index (Phi) is 3.38. The fourth-order valence-electron chi connectivity index (χ4n) is 1.87. The van der Waals surface area contributed by atoms with E-state index in [4.69, 9.17) is 0 Å². The molecule has 2 rings (SSSR count). The molecule has 0 spiro atoms. The molecule has 0 unspecified atom stereocenters. The van der Waals surface area contributed by atoms with Crippen molar-refractivity contribution in [1.82, 2.24) is 4.98 Å². The highest BCUT2D eigenvalue weighted by Crippen LogP contribution is 2.35. The van der Waals surface area contributed by atoms with Gasteiger partial charge in [-0.1, -0.05) is 0 Å². The second-order valence-corrected chi connectivity index (χ2v) is 4.88. The quantitative estimate of drug-likeness (QED) is 0.484. The molecular weight excluding hydrogens is 250 g/mol. The zero-order valence-electron chi connectivity index (χ0n) is 10.4. The van der Waals surface area contributed by atoms with Crippen molar-refractivity contribution in [2.75, 3.05) is 25.3 Å². The smallest absolute Gasteiger partial charge is 0.270 e. The summed E-state index contributed by atoms with van der Waals surface area (Å²) in [6, 6.07) is 4.75. The van der Waals surface area contributed by atoms with E-state index in [0.717, 1.165) is 21.5 Å². The molecule has 0 atom stereocenters. The first-order chi connectivity index (χ1) is 8.54. The lowest BCUT2D eigenvalue weighted by molar-refractivity contribution is -0.384. The lowest BCUT2D eigenvalue weighted by Crippen LogP contribution is -2.11. The summed E-state index contributed by atoms with van der Waals surface area (Å²) in [5, 5.41) is 11.7. The summed E-state index contributed by atoms with van der Waals surface area (Å²) in [6.07, 6.45) is 3.77. The molecule has 0 saturated carbocycles. The number of aromatic nitrogens is 1. The van der Waals surface area contributed by atoms with Gasteiger partial charge < -0.3 is 4.90 Å². The van der Waals surface area contributed by atoms with Crippen molar-refractivity contribution in [3.63, 3.8) is 0 Å². The highest BCUT2D eigenvalue weighted by atomic mass is 32.2. The molecule has 1 aromatic heterocycles. The number of thioether (sulfide) groups is 1. The minimum absolute atomic E-state index is 0.0886. The van der Waals surface area contributed by atoms with Crippen LogP contribution in [0.3, 0.4) is 0 Å². The van der Waals surface area contributed by atoms with Crippen molar-refractivity contribution in [3.8, 4) is 0 Å². The van der Waals surface area contributed by atoms with Crippen molar-refractivity contribution in [2.45, 2.75) is 4.90 Å². The lowest BCUT2D eigenvalue weighted by Gasteiger charge is -2.18. The average Bonchev–Trinajstić information content (AvgIpc) is 2.36. The topological polar surface area (TPSA) is 59.3 Å². The summed E-state index contributed by atoms with van der Waals surface area (Å²) in [5.41, 5.74) is 1.82. The third-order valence-corrected chi connectivity index (χ3v) is 3.41. The van der Waals surface area contributed by atoms with Gasteiger partial charge in [0.1, 0.15) is 0 Å². The van der Waals surface area contributed by atoms with Gasteiger partial charge in [0.2, 0.25) is 0 Å². The van der Waals surface area contributed by atoms with Crippen LogP contribution in [0.2, 0.25) is 0 Å². The number of nitrogens with zero attached hydrogens (tertiary/aromatic N) is 3. The Morgan fingerprint density at radius 2 is 2.11 bits per heavy atom. The van der Waals surface area contributed by atoms with Gasteiger partial charge in [0.15, 0.2) is 0 Å². The lowest BCUT2D eigenvalue weighted by atomic mass is 10.1. The van der Waals surface area contributed by atoms with Gasteiger partial charge in [0.25, 0.3) is 5.69 Å². The van der Waals surface area contributed by atoms with Gasteiger partial charge in [-0.05, 0) is 12.3 Å². The van der Waals surface area contributed by atoms with Gasteiger partial charge in [-0.3, -0.25) is 15.1 Å². The molecule has 0 bridgehead atoms. The van der Waals surface area contributed by atoms with Crippen molar-refractivity contribution < 1.29 is 4.92 Å². The van der Waals surface area contributed by atoms with Crippen LogP contribution in [-0.4, -0.2) is 30.3 Å². The number of non-ortho nitro benzene ring substituents is 1. The number of pyridine rings is 1. The largest absolute Gasteiger partial charge is 0.376 e. The molecule has 5 nitrogen and oxygen atoms in total. The van der Waals surface area contributed by atoms with Crippen LogP contribution in [0.1, 0.15) is 0 Å². The first-order valence-corrected chi connectivity index (χ1v) is 6.55. The van der Waals surface area contributed by atoms with Crippen LogP contribution in [0.5, 0.6) is 0 Å². The molecule has 0 fully saturated rings. The molecule has 0 radical (unpaired) electrons. The van der Waals surface area contributed by atoms with Crippen LogP contribution in [0.4, 0.5) is 11.4 Å². The van der Waals surface area contributed by atoms with E-state index in [9.17, 15) is 10.1 Å². The van der Waals surface area contributed by atoms with Crippen LogP contribution in [0.15, 0.2) is 29.3 Å². The van der Waals surface area contributed by atoms with E-state index >= 15 is 0 Å². The van der Waals surface area contributed by atoms with Crippen LogP contribution in [-0.2, 0) is 0 Å². The first-order valence-electron chi connectivity index (χ1n) is 5.33. The third-order valence-electron chi connectivity index (χ3n) is 2.67. The molecule has 1 heterocycles. The minimum Gasteiger partial charge on any atom is -0.376 e. The zero-order chi connectivity index (χ0) is 13.3. The summed E-state index contributed by atoms with van der Waals surface area (Å²) in [5.74, 6) is 0. The molecule has 94 valence electrons. The van der Waals surface area contributed by atoms with E-state index in [0.29, 0.717) is 0 Å². The number of hydrogen-bond donors (Lipinski definition) is 0. The molecule has 0 amide bonds. The Morgan fingerprint density at radius 1 is 1.39 bits per heavy atom. The summed E-state index contributed by atoms with van der Waals surface area (Å²) in [4.78, 5) is 17.8. The average molecular weight is 263 g/mol. The van der Waals surface area contributed by atoms with Crippen molar-refractivity contribution >= 4 is 34.0 Å². The minimum atomic E-state index is -0.384. The van der Waals surface area contributed by atoms with Gasteiger partial charge in [-0.2, -0.15) is 0 Å². The zero-order valence-corrected chi connectivity index (χ0v) is 11.2. The third kappa shape index (κ3) is 2.11. The number of rotatable bonds is 3. The Hall–Kier alpha value is -1.82. The fraction of sp³-hybridized carbons (Fsp3) is 0.250. The summed E-state index contributed by atoms with van der Waals surface area (Å²) < 4.78 is 0. The summed E-state index contributed by atoms with van der Waals surface area (Å²) in [6.45, 7) is 0. The molecule has 0 aliphatic rings. The summed E-state index contributed by atoms with van der Waals surface area (Å²) in [7, 11) is 3.85. The van der Waals surface area contributed by atoms with E-state index in [-0.39, 0.29) is 10.6 Å². The monoisotopic (exact) mass is 263 g/mol. The van der Waals surface area contributed by atoms with Crippen LogP contribution in [0.25, 0.3) is 10.9 Å². The number of nitro groups is 1. The number of benzene rings is 1. The predicted octanol–water partition coefficient (Wildman–Crippen LogP) is 2.93. The Labute approximate surface area is 109 Å². The number of fused-ring (bicyclic) bond motifs is 1. The molecule has 1 aromatic carbocycles. The Morgan fingerprint density at radius 3 is 2.67 bits per heavy atom. The number of hydrogen-bond acceptors (Lipinski definition) is 5. The molecule has 6 heteroatoms. The molecule has 0 saturated heterocycles. The van der Waals surface area contributed by atoms with Gasteiger partial charge in [-0.25, -0.2) is 0 Å². The number of nitro benzene ring substituents is 1. The fourth-order valence-corrected chi connectivity index (χ4v) is 2.52. The summed E-state index contributed by atoms with van der Waals surface area (Å²) >= 11 is 1.58. The van der Waals surface area contributed by atoms with Gasteiger partial charge >= 0.3 is 0 Å². The first kappa shape index (κ1) is 12.6. The van der Waals surface area contributed by atoms with Gasteiger partial charge in [0, 0.05) is 42.7 Å². The highest BCUT2D eigenvalue weighted by molar-refractivity contribution is 7.98. The van der Waals surface area contributed by atoms with E-state index in [1.165, 1.54) is 6.07 Å². The molecule has 0 N–H and O–H groups in total. The van der Waals surface area contributed by atoms with Crippen LogP contribution >= 0.6 is 11.8 Å². The SMILES string of the molecule is CSc1cnc2ccc([N+](=O)[O-])cc2c1N(C)C. The maximum absolute atomic E-state index is 10.8. The Balaban J connectivity index is 2.80. The molecule has 0 aliphatic carbocycles. The highest BCUT2D eigenvalue weighted by Gasteiger charge is 2.14. The van der Waals surface area contributed by atoms with E-state index < -0.39 is 0 Å². The predicted molar refractivity (Wildman–Crippen MR) is 74.5 cm³/mol. The second-order valence-electron chi connectivity index (χ2n) is 4.03. The van der Waals surface area contributed by atoms with Gasteiger partial charge in [-0.15, -0.1) is 11.8 Å². The van der Waals surface area contributed by atoms with E-state index in [2.05, 4.69) is 4.98 Å². The Bertz CT molecular complexity index is 614. The number of anilines is 1. The van der Waals surface area contributed by atoms with E-state index in [1.54, 1.807) is 30.1 Å². The van der Waals surface area contributed by atoms with E-state index in [1.807, 2.05) is 25.3 Å². The molecule has 0 aliphatic heterocycles. The van der Waals surface area contributed by atoms with Crippen LogP contribution in [0, 0.1) is 10.1 Å². The second kappa shape index (κ2) is 4.81. The van der Waals surface area contributed by atoms with Crippen molar-refractivity contribution in [3.05, 3.63) is 34.5 Å². The van der Waals surface area contributed by atoms with Crippen molar-refractivity contribution in [1.29, 1.82) is 0 Å². The normalized spacial score (nSPS) is 10.6. The van der Waals surface area contributed by atoms with Crippen LogP contribution < -0.4 is 4.90 Å². The maximum Gasteiger partial charge on any atom is 0.270 e. The van der Waals surface area contributed by atoms with Gasteiger partial charge in [0.05, 0.1) is 16.1 Å². The maximum atomic E-state index is 10.8. The standard InChI is InChI=1S/C12H13N3O2S/c1-14(2)12-9-6-8(15(16)17)4-5-10(9)13-7-11(12)18-3/h4-7H,1-3H3. The van der Waals surface area contributed by atoms with Crippen molar-refractivity contribution in [2.24, 2.45) is 0 Å². The molecular formula is C12H13N3O2S.